The fourth-order valence-corrected chi connectivity index (χ4v) is 5.54. The molecule has 32 heavy (non-hydrogen) atoms. The Morgan fingerprint density at radius 1 is 1.22 bits per heavy atom. The van der Waals surface area contributed by atoms with Gasteiger partial charge in [-0.3, -0.25) is 4.79 Å². The van der Waals surface area contributed by atoms with Gasteiger partial charge in [-0.1, -0.05) is 47.2 Å². The van der Waals surface area contributed by atoms with Crippen molar-refractivity contribution in [2.24, 2.45) is 0 Å². The van der Waals surface area contributed by atoms with Gasteiger partial charge >= 0.3 is 4.87 Å². The number of phenolic OH excluding ortho intramolecular Hbond substituents is 1. The minimum absolute atomic E-state index is 0.0220. The van der Waals surface area contributed by atoms with E-state index < -0.39 is 6.10 Å². The van der Waals surface area contributed by atoms with Crippen LogP contribution in [0.25, 0.3) is 10.2 Å². The molecule has 1 atom stereocenters. The van der Waals surface area contributed by atoms with Crippen molar-refractivity contribution in [2.45, 2.75) is 18.9 Å². The Balaban J connectivity index is 1.27. The summed E-state index contributed by atoms with van der Waals surface area (Å²) in [7, 11) is 2.14. The van der Waals surface area contributed by atoms with E-state index in [4.69, 9.17) is 11.6 Å². The largest absolute Gasteiger partial charge is 0.506 e. The lowest BCUT2D eigenvalue weighted by Crippen LogP contribution is -2.24. The van der Waals surface area contributed by atoms with Crippen molar-refractivity contribution in [2.75, 3.05) is 44.7 Å². The number of phenols is 1. The summed E-state index contributed by atoms with van der Waals surface area (Å²) in [6.45, 7) is 3.25. The summed E-state index contributed by atoms with van der Waals surface area (Å²) < 4.78 is 0.610. The number of aromatic amines is 1. The van der Waals surface area contributed by atoms with Crippen LogP contribution in [0.5, 0.6) is 5.75 Å². The van der Waals surface area contributed by atoms with E-state index in [9.17, 15) is 15.0 Å². The van der Waals surface area contributed by atoms with Crippen LogP contribution in [-0.4, -0.2) is 64.8 Å². The smallest absolute Gasteiger partial charge is 0.305 e. The Morgan fingerprint density at radius 2 is 2.03 bits per heavy atom. The molecule has 0 saturated carbocycles. The van der Waals surface area contributed by atoms with E-state index in [0.717, 1.165) is 60.3 Å². The first-order valence-corrected chi connectivity index (χ1v) is 13.0. The quantitative estimate of drug-likeness (QED) is 0.269. The van der Waals surface area contributed by atoms with E-state index in [0.29, 0.717) is 22.3 Å². The Kier molecular flexibility index (Phi) is 9.90. The van der Waals surface area contributed by atoms with Crippen LogP contribution in [0, 0.1) is 0 Å². The van der Waals surface area contributed by atoms with Gasteiger partial charge in [0.15, 0.2) is 0 Å². The van der Waals surface area contributed by atoms with E-state index in [-0.39, 0.29) is 10.6 Å². The summed E-state index contributed by atoms with van der Waals surface area (Å²) in [6.07, 6.45) is 1.24. The minimum Gasteiger partial charge on any atom is -0.506 e. The number of aliphatic hydroxyl groups excluding tert-OH is 1. The average Bonchev–Trinajstić information content (AvgIpc) is 3.17. The molecule has 0 spiro atoms. The van der Waals surface area contributed by atoms with Gasteiger partial charge in [0.1, 0.15) is 11.3 Å². The molecule has 0 aliphatic rings. The average molecular weight is 496 g/mol. The SMILES string of the molecule is CN(CCSCCCNC[C@H](O)c1ccc(O)c2[nH]c(=O)sc12)CCc1ccccc1Cl. The van der Waals surface area contributed by atoms with Gasteiger partial charge < -0.3 is 25.4 Å². The second kappa shape index (κ2) is 12.6. The number of fused-ring (bicyclic) bond motifs is 1. The molecule has 0 saturated heterocycles. The Morgan fingerprint density at radius 3 is 2.84 bits per heavy atom. The summed E-state index contributed by atoms with van der Waals surface area (Å²) in [5.74, 6) is 2.16. The first-order chi connectivity index (χ1) is 15.5. The number of H-pyrrole nitrogens is 1. The number of halogens is 1. The lowest BCUT2D eigenvalue weighted by Gasteiger charge is -2.17. The maximum Gasteiger partial charge on any atom is 0.305 e. The maximum atomic E-state index is 11.6. The zero-order chi connectivity index (χ0) is 22.9. The molecular weight excluding hydrogens is 466 g/mol. The molecule has 0 aliphatic carbocycles. The van der Waals surface area contributed by atoms with Gasteiger partial charge in [-0.2, -0.15) is 11.8 Å². The molecule has 0 amide bonds. The molecule has 2 aromatic carbocycles. The van der Waals surface area contributed by atoms with Crippen LogP contribution in [-0.2, 0) is 6.42 Å². The summed E-state index contributed by atoms with van der Waals surface area (Å²) in [5, 5.41) is 24.5. The normalized spacial score (nSPS) is 12.6. The summed E-state index contributed by atoms with van der Waals surface area (Å²) in [5.41, 5.74) is 2.24. The molecule has 0 aliphatic heterocycles. The van der Waals surface area contributed by atoms with Crippen LogP contribution < -0.4 is 10.2 Å². The second-order valence-corrected chi connectivity index (χ2v) is 10.3. The molecule has 3 aromatic rings. The number of hydrogen-bond donors (Lipinski definition) is 4. The number of nitrogens with one attached hydrogen (secondary N) is 2. The molecule has 1 heterocycles. The highest BCUT2D eigenvalue weighted by Crippen LogP contribution is 2.31. The lowest BCUT2D eigenvalue weighted by molar-refractivity contribution is 0.176. The molecule has 0 unspecified atom stereocenters. The number of aromatic nitrogens is 1. The first kappa shape index (κ1) is 25.1. The molecule has 4 N–H and O–H groups in total. The molecule has 0 bridgehead atoms. The molecule has 3 rings (SSSR count). The van der Waals surface area contributed by atoms with E-state index in [1.807, 2.05) is 30.0 Å². The monoisotopic (exact) mass is 495 g/mol. The summed E-state index contributed by atoms with van der Waals surface area (Å²) in [6, 6.07) is 11.2. The van der Waals surface area contributed by atoms with Gasteiger partial charge in [0.05, 0.1) is 10.8 Å². The number of likely N-dealkylation sites (N-methyl/N-ethyl adjacent to an activating group) is 1. The number of hydrogen-bond acceptors (Lipinski definition) is 7. The predicted octanol–water partition coefficient (Wildman–Crippen LogP) is 3.87. The van der Waals surface area contributed by atoms with Crippen molar-refractivity contribution < 1.29 is 10.2 Å². The highest BCUT2D eigenvalue weighted by molar-refractivity contribution is 7.99. The second-order valence-electron chi connectivity index (χ2n) is 7.72. The summed E-state index contributed by atoms with van der Waals surface area (Å²) >= 11 is 9.15. The predicted molar refractivity (Wildman–Crippen MR) is 137 cm³/mol. The third-order valence-electron chi connectivity index (χ3n) is 5.26. The number of aliphatic hydroxyl groups is 1. The topological polar surface area (TPSA) is 88.6 Å². The van der Waals surface area contributed by atoms with Crippen LogP contribution >= 0.6 is 34.7 Å². The molecule has 6 nitrogen and oxygen atoms in total. The van der Waals surface area contributed by atoms with Crippen LogP contribution in [0.15, 0.2) is 41.2 Å². The van der Waals surface area contributed by atoms with Crippen molar-refractivity contribution in [3.05, 3.63) is 62.2 Å². The third-order valence-corrected chi connectivity index (χ3v) is 7.61. The number of aromatic hydroxyl groups is 1. The maximum absolute atomic E-state index is 11.6. The van der Waals surface area contributed by atoms with Crippen LogP contribution in [0.2, 0.25) is 5.02 Å². The first-order valence-electron chi connectivity index (χ1n) is 10.7. The standard InChI is InChI=1S/C23H30ClN3O3S2/c1-27(11-9-16-5-2-3-6-18(16)24)12-14-31-13-4-10-25-15-20(29)17-7-8-19(28)21-22(17)32-23(30)26-21/h2-3,5-8,20,25,28-29H,4,9-15H2,1H3,(H,26,30)/t20-/m0/s1. The van der Waals surface area contributed by atoms with Gasteiger partial charge in [0, 0.05) is 36.0 Å². The van der Waals surface area contributed by atoms with E-state index in [1.54, 1.807) is 6.07 Å². The lowest BCUT2D eigenvalue weighted by atomic mass is 10.1. The van der Waals surface area contributed by atoms with Gasteiger partial charge in [-0.15, -0.1) is 0 Å². The number of rotatable bonds is 13. The van der Waals surface area contributed by atoms with E-state index in [2.05, 4.69) is 28.3 Å². The third kappa shape index (κ3) is 7.23. The summed E-state index contributed by atoms with van der Waals surface area (Å²) in [4.78, 5) is 16.3. The molecule has 0 fully saturated rings. The van der Waals surface area contributed by atoms with Gasteiger partial charge in [-0.25, -0.2) is 0 Å². The van der Waals surface area contributed by atoms with Crippen molar-refractivity contribution in [1.82, 2.24) is 15.2 Å². The molecule has 9 heteroatoms. The van der Waals surface area contributed by atoms with Crippen LogP contribution in [0.4, 0.5) is 0 Å². The van der Waals surface area contributed by atoms with Crippen molar-refractivity contribution in [3.63, 3.8) is 0 Å². The van der Waals surface area contributed by atoms with Gasteiger partial charge in [0.2, 0.25) is 0 Å². The van der Waals surface area contributed by atoms with Crippen molar-refractivity contribution in [3.8, 4) is 5.75 Å². The van der Waals surface area contributed by atoms with Crippen molar-refractivity contribution in [1.29, 1.82) is 0 Å². The zero-order valence-corrected chi connectivity index (χ0v) is 20.5. The number of nitrogens with zero attached hydrogens (tertiary/aromatic N) is 1. The fourth-order valence-electron chi connectivity index (χ4n) is 3.40. The Labute approximate surface area is 201 Å². The number of thioether (sulfide) groups is 1. The van der Waals surface area contributed by atoms with E-state index >= 15 is 0 Å². The van der Waals surface area contributed by atoms with E-state index in [1.165, 1.54) is 11.6 Å². The zero-order valence-electron chi connectivity index (χ0n) is 18.1. The number of benzene rings is 2. The fraction of sp³-hybridized carbons (Fsp3) is 0.435. The highest BCUT2D eigenvalue weighted by atomic mass is 35.5. The Hall–Kier alpha value is -1.55. The Bertz CT molecular complexity index is 1060. The van der Waals surface area contributed by atoms with Crippen LogP contribution in [0.1, 0.15) is 23.7 Å². The van der Waals surface area contributed by atoms with Gasteiger partial charge in [-0.05, 0) is 49.9 Å². The minimum atomic E-state index is -0.732. The number of thiazole rings is 1. The molecule has 174 valence electrons. The molecule has 1 aromatic heterocycles. The van der Waals surface area contributed by atoms with Gasteiger partial charge in [0.25, 0.3) is 0 Å². The molecule has 0 radical (unpaired) electrons. The molecular formula is C23H30ClN3O3S2. The van der Waals surface area contributed by atoms with Crippen molar-refractivity contribution >= 4 is 44.9 Å². The highest BCUT2D eigenvalue weighted by Gasteiger charge is 2.15. The van der Waals surface area contributed by atoms with Crippen LogP contribution in [0.3, 0.4) is 0 Å².